The van der Waals surface area contributed by atoms with E-state index in [1.54, 1.807) is 23.5 Å². The predicted molar refractivity (Wildman–Crippen MR) is 83.2 cm³/mol. The number of hydrogen-bond acceptors (Lipinski definition) is 4. The van der Waals surface area contributed by atoms with Crippen LogP contribution in [0.3, 0.4) is 0 Å². The first kappa shape index (κ1) is 15.0. The van der Waals surface area contributed by atoms with Crippen molar-refractivity contribution < 1.29 is 9.90 Å². The second-order valence-electron chi connectivity index (χ2n) is 4.68. The van der Waals surface area contributed by atoms with Gasteiger partial charge >= 0.3 is 0 Å². The van der Waals surface area contributed by atoms with Crippen LogP contribution in [-0.4, -0.2) is 16.0 Å². The highest BCUT2D eigenvalue weighted by atomic mass is 79.9. The van der Waals surface area contributed by atoms with E-state index >= 15 is 0 Å². The van der Waals surface area contributed by atoms with Crippen molar-refractivity contribution in [1.82, 2.24) is 10.3 Å². The van der Waals surface area contributed by atoms with Crippen LogP contribution in [0, 0.1) is 0 Å². The molecule has 20 heavy (non-hydrogen) atoms. The Labute approximate surface area is 130 Å². The molecule has 2 N–H and O–H groups in total. The van der Waals surface area contributed by atoms with Gasteiger partial charge in [-0.1, -0.05) is 29.8 Å². The van der Waals surface area contributed by atoms with Crippen molar-refractivity contribution in [2.24, 2.45) is 0 Å². The maximum Gasteiger partial charge on any atom is 0.255 e. The molecule has 0 aliphatic carbocycles. The van der Waals surface area contributed by atoms with E-state index < -0.39 is 0 Å². The summed E-state index contributed by atoms with van der Waals surface area (Å²) < 4.78 is 0.746. The molecule has 0 bridgehead atoms. The lowest BCUT2D eigenvalue weighted by molar-refractivity contribution is 0.0947. The molecule has 0 aliphatic heterocycles. The Hall–Kier alpha value is -1.40. The first-order chi connectivity index (χ1) is 9.47. The molecule has 0 atom stereocenters. The summed E-state index contributed by atoms with van der Waals surface area (Å²) >= 11 is 4.87. The molecule has 1 heterocycles. The van der Waals surface area contributed by atoms with Crippen LogP contribution in [0.25, 0.3) is 0 Å². The van der Waals surface area contributed by atoms with Crippen LogP contribution in [0.1, 0.15) is 40.8 Å². The zero-order chi connectivity index (χ0) is 14.7. The van der Waals surface area contributed by atoms with Gasteiger partial charge in [0.2, 0.25) is 0 Å². The van der Waals surface area contributed by atoms with Crippen molar-refractivity contribution in [2.75, 3.05) is 0 Å². The van der Waals surface area contributed by atoms with E-state index in [1.807, 2.05) is 5.38 Å². The third kappa shape index (κ3) is 3.58. The number of nitrogens with one attached hydrogen (secondary N) is 1. The van der Waals surface area contributed by atoms with E-state index in [4.69, 9.17) is 0 Å². The lowest BCUT2D eigenvalue weighted by Crippen LogP contribution is -2.23. The van der Waals surface area contributed by atoms with Crippen LogP contribution in [-0.2, 0) is 6.54 Å². The number of phenolic OH excluding ortho intramolecular Hbond substituents is 1. The first-order valence-corrected chi connectivity index (χ1v) is 7.85. The average molecular weight is 355 g/mol. The molecule has 0 saturated heterocycles. The van der Waals surface area contributed by atoms with Gasteiger partial charge in [0.25, 0.3) is 5.91 Å². The molecule has 4 nitrogen and oxygen atoms in total. The van der Waals surface area contributed by atoms with E-state index in [-0.39, 0.29) is 17.2 Å². The smallest absolute Gasteiger partial charge is 0.255 e. The SMILES string of the molecule is CC(C)c1nc(CNC(=O)c2cc(Br)ccc2O)cs1. The van der Waals surface area contributed by atoms with Crippen molar-refractivity contribution in [3.05, 3.63) is 44.3 Å². The van der Waals surface area contributed by atoms with Crippen LogP contribution in [0.4, 0.5) is 0 Å². The molecule has 1 aromatic heterocycles. The van der Waals surface area contributed by atoms with Gasteiger partial charge in [0, 0.05) is 15.8 Å². The fraction of sp³-hybridized carbons (Fsp3) is 0.286. The van der Waals surface area contributed by atoms with Gasteiger partial charge in [0.1, 0.15) is 5.75 Å². The van der Waals surface area contributed by atoms with Crippen molar-refractivity contribution >= 4 is 33.2 Å². The summed E-state index contributed by atoms with van der Waals surface area (Å²) in [5.74, 6) is 0.0355. The van der Waals surface area contributed by atoms with Gasteiger partial charge in [-0.3, -0.25) is 4.79 Å². The molecule has 1 aromatic carbocycles. The number of rotatable bonds is 4. The lowest BCUT2D eigenvalue weighted by atomic mass is 10.2. The Morgan fingerprint density at radius 3 is 2.90 bits per heavy atom. The summed E-state index contributed by atoms with van der Waals surface area (Å²) in [4.78, 5) is 16.5. The summed E-state index contributed by atoms with van der Waals surface area (Å²) in [5.41, 5.74) is 1.08. The molecule has 2 rings (SSSR count). The molecular formula is C14H15BrN2O2S. The van der Waals surface area contributed by atoms with Gasteiger partial charge < -0.3 is 10.4 Å². The maximum absolute atomic E-state index is 12.0. The number of aromatic hydroxyl groups is 1. The number of halogens is 1. The number of thiazole rings is 1. The van der Waals surface area contributed by atoms with Crippen LogP contribution < -0.4 is 5.32 Å². The van der Waals surface area contributed by atoms with Crippen molar-refractivity contribution in [3.63, 3.8) is 0 Å². The van der Waals surface area contributed by atoms with E-state index in [9.17, 15) is 9.90 Å². The summed E-state index contributed by atoms with van der Waals surface area (Å²) in [5, 5.41) is 15.4. The van der Waals surface area contributed by atoms with Gasteiger partial charge in [-0.15, -0.1) is 11.3 Å². The Bertz CT molecular complexity index is 625. The average Bonchev–Trinajstić information content (AvgIpc) is 2.88. The molecule has 2 aromatic rings. The maximum atomic E-state index is 12.0. The summed E-state index contributed by atoms with van der Waals surface area (Å²) in [6.07, 6.45) is 0. The topological polar surface area (TPSA) is 62.2 Å². The number of amides is 1. The summed E-state index contributed by atoms with van der Waals surface area (Å²) in [7, 11) is 0. The van der Waals surface area contributed by atoms with E-state index in [1.165, 1.54) is 6.07 Å². The van der Waals surface area contributed by atoms with Gasteiger partial charge in [0.15, 0.2) is 0 Å². The zero-order valence-electron chi connectivity index (χ0n) is 11.2. The Morgan fingerprint density at radius 1 is 1.50 bits per heavy atom. The molecule has 106 valence electrons. The third-order valence-electron chi connectivity index (χ3n) is 2.70. The molecule has 0 saturated carbocycles. The van der Waals surface area contributed by atoms with Crippen LogP contribution in [0.5, 0.6) is 5.75 Å². The monoisotopic (exact) mass is 354 g/mol. The van der Waals surface area contributed by atoms with Crippen molar-refractivity contribution in [1.29, 1.82) is 0 Å². The van der Waals surface area contributed by atoms with E-state index in [0.717, 1.165) is 15.2 Å². The molecule has 0 fully saturated rings. The highest BCUT2D eigenvalue weighted by molar-refractivity contribution is 9.10. The number of benzene rings is 1. The number of aromatic nitrogens is 1. The fourth-order valence-electron chi connectivity index (χ4n) is 1.63. The van der Waals surface area contributed by atoms with Crippen molar-refractivity contribution in [2.45, 2.75) is 26.3 Å². The highest BCUT2D eigenvalue weighted by Gasteiger charge is 2.12. The van der Waals surface area contributed by atoms with Gasteiger partial charge in [0.05, 0.1) is 22.8 Å². The van der Waals surface area contributed by atoms with Gasteiger partial charge in [-0.25, -0.2) is 4.98 Å². The fourth-order valence-corrected chi connectivity index (χ4v) is 2.82. The van der Waals surface area contributed by atoms with Crippen LogP contribution in [0.2, 0.25) is 0 Å². The Kier molecular flexibility index (Phi) is 4.77. The largest absolute Gasteiger partial charge is 0.507 e. The second-order valence-corrected chi connectivity index (χ2v) is 6.48. The molecular weight excluding hydrogens is 340 g/mol. The second kappa shape index (κ2) is 6.37. The quantitative estimate of drug-likeness (QED) is 0.880. The molecule has 0 spiro atoms. The normalized spacial score (nSPS) is 10.8. The zero-order valence-corrected chi connectivity index (χ0v) is 13.6. The standard InChI is InChI=1S/C14H15BrN2O2S/c1-8(2)14-17-10(7-20-14)6-16-13(19)11-5-9(15)3-4-12(11)18/h3-5,7-8,18H,6H2,1-2H3,(H,16,19). The lowest BCUT2D eigenvalue weighted by Gasteiger charge is -2.06. The number of carbonyl (C=O) groups excluding carboxylic acids is 1. The number of carbonyl (C=O) groups is 1. The predicted octanol–water partition coefficient (Wildman–Crippen LogP) is 3.66. The minimum atomic E-state index is -0.317. The summed E-state index contributed by atoms with van der Waals surface area (Å²) in [6, 6.07) is 4.76. The number of phenols is 1. The minimum Gasteiger partial charge on any atom is -0.507 e. The van der Waals surface area contributed by atoms with Crippen molar-refractivity contribution in [3.8, 4) is 5.75 Å². The molecule has 1 amide bonds. The van der Waals surface area contributed by atoms with Gasteiger partial charge in [-0.2, -0.15) is 0 Å². The Balaban J connectivity index is 2.02. The highest BCUT2D eigenvalue weighted by Crippen LogP contribution is 2.22. The van der Waals surface area contributed by atoms with Crippen LogP contribution in [0.15, 0.2) is 28.1 Å². The minimum absolute atomic E-state index is 0.0353. The summed E-state index contributed by atoms with van der Waals surface area (Å²) in [6.45, 7) is 4.52. The molecule has 0 aliphatic rings. The number of nitrogens with zero attached hydrogens (tertiary/aromatic N) is 1. The van der Waals surface area contributed by atoms with Crippen LogP contribution >= 0.6 is 27.3 Å². The van der Waals surface area contributed by atoms with E-state index in [0.29, 0.717) is 12.5 Å². The van der Waals surface area contributed by atoms with Gasteiger partial charge in [-0.05, 0) is 18.2 Å². The number of hydrogen-bond donors (Lipinski definition) is 2. The Morgan fingerprint density at radius 2 is 2.25 bits per heavy atom. The van der Waals surface area contributed by atoms with E-state index in [2.05, 4.69) is 40.1 Å². The molecule has 6 heteroatoms. The molecule has 0 unspecified atom stereocenters. The first-order valence-electron chi connectivity index (χ1n) is 6.18. The third-order valence-corrected chi connectivity index (χ3v) is 4.38. The molecule has 0 radical (unpaired) electrons.